The number of carbonyl (C=O) groups is 1. The molecule has 1 aromatic heterocycles. The zero-order chi connectivity index (χ0) is 19.8. The first-order valence-corrected chi connectivity index (χ1v) is 9.67. The van der Waals surface area contributed by atoms with E-state index in [2.05, 4.69) is 15.5 Å². The molecule has 3 rings (SSSR count). The number of amides is 1. The topological polar surface area (TPSA) is 93.0 Å². The Kier molecular flexibility index (Phi) is 7.41. The van der Waals surface area contributed by atoms with Crippen LogP contribution in [0.3, 0.4) is 0 Å². The van der Waals surface area contributed by atoms with Gasteiger partial charge in [0.25, 0.3) is 0 Å². The Morgan fingerprint density at radius 2 is 2.07 bits per heavy atom. The molecule has 1 aliphatic heterocycles. The fourth-order valence-electron chi connectivity index (χ4n) is 3.21. The molecule has 152 valence electrons. The van der Waals surface area contributed by atoms with E-state index in [0.29, 0.717) is 17.8 Å². The normalized spacial score (nSPS) is 14.9. The van der Waals surface area contributed by atoms with Gasteiger partial charge < -0.3 is 19.2 Å². The second-order valence-electron chi connectivity index (χ2n) is 6.63. The monoisotopic (exact) mass is 389 g/mol. The molecule has 0 spiro atoms. The van der Waals surface area contributed by atoms with Crippen LogP contribution < -0.4 is 16.3 Å². The van der Waals surface area contributed by atoms with Gasteiger partial charge in [0.05, 0.1) is 19.8 Å². The van der Waals surface area contributed by atoms with Crippen LogP contribution in [0.5, 0.6) is 0 Å². The van der Waals surface area contributed by atoms with Gasteiger partial charge in [-0.05, 0) is 44.1 Å². The summed E-state index contributed by atoms with van der Waals surface area (Å²) in [7, 11) is 0. The van der Waals surface area contributed by atoms with Crippen molar-refractivity contribution in [1.29, 1.82) is 0 Å². The van der Waals surface area contributed by atoms with E-state index in [0.717, 1.165) is 56.8 Å². The van der Waals surface area contributed by atoms with Gasteiger partial charge in [0.15, 0.2) is 0 Å². The van der Waals surface area contributed by atoms with Gasteiger partial charge in [-0.15, -0.1) is 0 Å². The summed E-state index contributed by atoms with van der Waals surface area (Å²) in [6, 6.07) is 6.75. The number of ether oxygens (including phenoxy) is 2. The van der Waals surface area contributed by atoms with Crippen molar-refractivity contribution in [3.8, 4) is 0 Å². The first kappa shape index (κ1) is 20.3. The predicted octanol–water partition coefficient (Wildman–Crippen LogP) is 2.17. The molecule has 28 heavy (non-hydrogen) atoms. The van der Waals surface area contributed by atoms with Gasteiger partial charge >= 0.3 is 11.7 Å². The van der Waals surface area contributed by atoms with Gasteiger partial charge in [-0.1, -0.05) is 0 Å². The lowest BCUT2D eigenvalue weighted by Crippen LogP contribution is -2.37. The fourth-order valence-corrected chi connectivity index (χ4v) is 3.21. The van der Waals surface area contributed by atoms with Crippen LogP contribution in [0, 0.1) is 0 Å². The minimum atomic E-state index is -0.540. The molecule has 0 aliphatic carbocycles. The molecule has 0 atom stereocenters. The number of nitrogens with zero attached hydrogens (tertiary/aromatic N) is 1. The molecule has 1 fully saturated rings. The van der Waals surface area contributed by atoms with E-state index in [1.165, 1.54) is 6.07 Å². The van der Waals surface area contributed by atoms with Crippen LogP contribution in [0.2, 0.25) is 0 Å². The SMILES string of the molecule is CCOC(=O)Nc1ccc2c(CNCCCN3CCOCC3)cc(=O)oc2c1. The second kappa shape index (κ2) is 10.2. The molecule has 1 aliphatic rings. The largest absolute Gasteiger partial charge is 0.450 e. The molecule has 0 unspecified atom stereocenters. The van der Waals surface area contributed by atoms with Gasteiger partial charge in [0, 0.05) is 42.8 Å². The molecule has 8 nitrogen and oxygen atoms in total. The minimum Gasteiger partial charge on any atom is -0.450 e. The van der Waals surface area contributed by atoms with Crippen LogP contribution in [0.1, 0.15) is 18.9 Å². The number of carbonyl (C=O) groups excluding carboxylic acids is 1. The van der Waals surface area contributed by atoms with Crippen LogP contribution in [0.25, 0.3) is 11.0 Å². The Morgan fingerprint density at radius 3 is 2.86 bits per heavy atom. The maximum atomic E-state index is 11.9. The molecule has 1 amide bonds. The number of hydrogen-bond donors (Lipinski definition) is 2. The molecule has 0 bridgehead atoms. The highest BCUT2D eigenvalue weighted by molar-refractivity contribution is 5.89. The fraction of sp³-hybridized carbons (Fsp3) is 0.500. The smallest absolute Gasteiger partial charge is 0.411 e. The highest BCUT2D eigenvalue weighted by Gasteiger charge is 2.10. The summed E-state index contributed by atoms with van der Waals surface area (Å²) in [4.78, 5) is 25.9. The number of benzene rings is 1. The summed E-state index contributed by atoms with van der Waals surface area (Å²) in [6.07, 6.45) is 0.495. The lowest BCUT2D eigenvalue weighted by molar-refractivity contribution is 0.0374. The standard InChI is InChI=1S/C20H27N3O5/c1-2-27-20(25)22-16-4-5-17-15(12-19(24)28-18(17)13-16)14-21-6-3-7-23-8-10-26-11-9-23/h4-5,12-13,21H,2-3,6-11,14H2,1H3,(H,22,25). The Bertz CT molecular complexity index is 845. The average Bonchev–Trinajstić information content (AvgIpc) is 2.68. The summed E-state index contributed by atoms with van der Waals surface area (Å²) >= 11 is 0. The molecule has 1 aromatic carbocycles. The average molecular weight is 389 g/mol. The number of fused-ring (bicyclic) bond motifs is 1. The second-order valence-corrected chi connectivity index (χ2v) is 6.63. The summed E-state index contributed by atoms with van der Waals surface area (Å²) in [5, 5.41) is 6.85. The first-order chi connectivity index (χ1) is 13.7. The maximum Gasteiger partial charge on any atom is 0.411 e. The number of anilines is 1. The Morgan fingerprint density at radius 1 is 1.25 bits per heavy atom. The molecule has 8 heteroatoms. The van der Waals surface area contributed by atoms with E-state index in [1.807, 2.05) is 6.07 Å². The van der Waals surface area contributed by atoms with Gasteiger partial charge in [0.1, 0.15) is 5.58 Å². The number of hydrogen-bond acceptors (Lipinski definition) is 7. The van der Waals surface area contributed by atoms with Crippen molar-refractivity contribution < 1.29 is 18.7 Å². The quantitative estimate of drug-likeness (QED) is 0.528. The first-order valence-electron chi connectivity index (χ1n) is 9.67. The van der Waals surface area contributed by atoms with Crippen LogP contribution >= 0.6 is 0 Å². The molecule has 2 N–H and O–H groups in total. The highest BCUT2D eigenvalue weighted by atomic mass is 16.5. The van der Waals surface area contributed by atoms with Gasteiger partial charge in [0.2, 0.25) is 0 Å². The van der Waals surface area contributed by atoms with E-state index in [-0.39, 0.29) is 6.61 Å². The van der Waals surface area contributed by atoms with Gasteiger partial charge in [-0.25, -0.2) is 9.59 Å². The third kappa shape index (κ3) is 5.79. The van der Waals surface area contributed by atoms with Crippen molar-refractivity contribution >= 4 is 22.7 Å². The van der Waals surface area contributed by atoms with Crippen LogP contribution in [0.4, 0.5) is 10.5 Å². The lowest BCUT2D eigenvalue weighted by atomic mass is 10.1. The number of morpholine rings is 1. The molecule has 0 radical (unpaired) electrons. The zero-order valence-electron chi connectivity index (χ0n) is 16.2. The van der Waals surface area contributed by atoms with Crippen molar-refractivity contribution in [2.45, 2.75) is 19.9 Å². The molecule has 0 saturated carbocycles. The van der Waals surface area contributed by atoms with Crippen molar-refractivity contribution in [3.63, 3.8) is 0 Å². The summed E-state index contributed by atoms with van der Waals surface area (Å²) in [5.74, 6) is 0. The van der Waals surface area contributed by atoms with E-state index in [4.69, 9.17) is 13.9 Å². The predicted molar refractivity (Wildman–Crippen MR) is 107 cm³/mol. The number of nitrogens with one attached hydrogen (secondary N) is 2. The Hall–Kier alpha value is -2.42. The molecular formula is C20H27N3O5. The summed E-state index contributed by atoms with van der Waals surface area (Å²) in [6.45, 7) is 8.11. The molecule has 2 heterocycles. The third-order valence-electron chi connectivity index (χ3n) is 4.60. The van der Waals surface area contributed by atoms with Crippen LogP contribution in [-0.2, 0) is 16.0 Å². The highest BCUT2D eigenvalue weighted by Crippen LogP contribution is 2.21. The van der Waals surface area contributed by atoms with Gasteiger partial charge in [-0.2, -0.15) is 0 Å². The van der Waals surface area contributed by atoms with E-state index in [9.17, 15) is 9.59 Å². The van der Waals surface area contributed by atoms with Crippen molar-refractivity contribution in [3.05, 3.63) is 40.2 Å². The molecule has 2 aromatic rings. The third-order valence-corrected chi connectivity index (χ3v) is 4.60. The van der Waals surface area contributed by atoms with Gasteiger partial charge in [-0.3, -0.25) is 10.2 Å². The van der Waals surface area contributed by atoms with Crippen molar-refractivity contribution in [2.75, 3.05) is 51.3 Å². The Labute approximate surface area is 163 Å². The summed E-state index contributed by atoms with van der Waals surface area (Å²) < 4.78 is 15.5. The maximum absolute atomic E-state index is 11.9. The van der Waals surface area contributed by atoms with E-state index < -0.39 is 11.7 Å². The van der Waals surface area contributed by atoms with Crippen molar-refractivity contribution in [2.24, 2.45) is 0 Å². The lowest BCUT2D eigenvalue weighted by Gasteiger charge is -2.26. The minimum absolute atomic E-state index is 0.288. The van der Waals surface area contributed by atoms with E-state index in [1.54, 1.807) is 19.1 Å². The molecule has 1 saturated heterocycles. The van der Waals surface area contributed by atoms with Crippen LogP contribution in [-0.4, -0.2) is 57.0 Å². The van der Waals surface area contributed by atoms with Crippen LogP contribution in [0.15, 0.2) is 33.5 Å². The molecular weight excluding hydrogens is 362 g/mol. The van der Waals surface area contributed by atoms with Crippen molar-refractivity contribution in [1.82, 2.24) is 10.2 Å². The zero-order valence-corrected chi connectivity index (χ0v) is 16.2. The number of rotatable bonds is 8. The van der Waals surface area contributed by atoms with E-state index >= 15 is 0 Å². The Balaban J connectivity index is 1.57. The summed E-state index contributed by atoms with van der Waals surface area (Å²) in [5.41, 5.74) is 1.42.